The van der Waals surface area contributed by atoms with Crippen LogP contribution in [0.1, 0.15) is 58.8 Å². The Balaban J connectivity index is 1.70. The molecule has 0 bridgehead atoms. The Bertz CT molecular complexity index is 387. The van der Waals surface area contributed by atoms with Crippen LogP contribution in [-0.4, -0.2) is 63.8 Å². The van der Waals surface area contributed by atoms with Gasteiger partial charge in [-0.25, -0.2) is 0 Å². The molecule has 1 saturated carbocycles. The topological polar surface area (TPSA) is 48.9 Å². The Labute approximate surface area is 155 Å². The highest BCUT2D eigenvalue weighted by molar-refractivity contribution is 5.79. The molecule has 1 aliphatic carbocycles. The summed E-state index contributed by atoms with van der Waals surface area (Å²) in [5, 5.41) is 7.13. The number of hydrogen-bond donors (Lipinski definition) is 2. The lowest BCUT2D eigenvalue weighted by Crippen LogP contribution is -2.45. The number of guanidine groups is 1. The summed E-state index contributed by atoms with van der Waals surface area (Å²) >= 11 is 0. The summed E-state index contributed by atoms with van der Waals surface area (Å²) in [6.45, 7) is 11.9. The molecule has 0 aromatic carbocycles. The van der Waals surface area contributed by atoms with Gasteiger partial charge in [-0.15, -0.1) is 0 Å². The van der Waals surface area contributed by atoms with Crippen LogP contribution in [0.5, 0.6) is 0 Å². The number of nitrogens with zero attached hydrogens (tertiary/aromatic N) is 2. The van der Waals surface area contributed by atoms with E-state index in [1.54, 1.807) is 0 Å². The highest BCUT2D eigenvalue weighted by Gasteiger charge is 2.33. The molecule has 2 fully saturated rings. The first kappa shape index (κ1) is 20.5. The van der Waals surface area contributed by atoms with E-state index in [0.717, 1.165) is 38.7 Å². The van der Waals surface area contributed by atoms with E-state index in [-0.39, 0.29) is 0 Å². The van der Waals surface area contributed by atoms with Gasteiger partial charge in [-0.2, -0.15) is 0 Å². The lowest BCUT2D eigenvalue weighted by atomic mass is 9.83. The fraction of sp³-hybridized carbons (Fsp3) is 0.950. The first-order valence-corrected chi connectivity index (χ1v) is 10.4. The van der Waals surface area contributed by atoms with Gasteiger partial charge in [0.2, 0.25) is 0 Å². The molecule has 25 heavy (non-hydrogen) atoms. The molecular weight excluding hydrogens is 312 g/mol. The molecule has 1 aliphatic heterocycles. The Hall–Kier alpha value is -0.810. The monoisotopic (exact) mass is 352 g/mol. The molecule has 0 radical (unpaired) electrons. The smallest absolute Gasteiger partial charge is 0.191 e. The maximum Gasteiger partial charge on any atom is 0.191 e. The second-order valence-corrected chi connectivity index (χ2v) is 8.07. The summed E-state index contributed by atoms with van der Waals surface area (Å²) in [5.41, 5.74) is 0.397. The third-order valence-electron chi connectivity index (χ3n) is 5.89. The molecule has 0 aromatic rings. The SMILES string of the molecule is CCOCCC1(CNC(=NC)NCC(C)CN2CCCC2)CCCC1. The van der Waals surface area contributed by atoms with Crippen LogP contribution in [0.3, 0.4) is 0 Å². The van der Waals surface area contributed by atoms with Crippen LogP contribution in [0.15, 0.2) is 4.99 Å². The fourth-order valence-corrected chi connectivity index (χ4v) is 4.31. The van der Waals surface area contributed by atoms with E-state index in [2.05, 4.69) is 34.4 Å². The van der Waals surface area contributed by atoms with Crippen LogP contribution >= 0.6 is 0 Å². The van der Waals surface area contributed by atoms with Gasteiger partial charge in [0, 0.05) is 39.9 Å². The second-order valence-electron chi connectivity index (χ2n) is 8.07. The van der Waals surface area contributed by atoms with E-state index < -0.39 is 0 Å². The van der Waals surface area contributed by atoms with Gasteiger partial charge in [-0.1, -0.05) is 19.8 Å². The van der Waals surface area contributed by atoms with Gasteiger partial charge in [0.1, 0.15) is 0 Å². The van der Waals surface area contributed by atoms with Crippen LogP contribution in [0, 0.1) is 11.3 Å². The maximum absolute atomic E-state index is 5.62. The summed E-state index contributed by atoms with van der Waals surface area (Å²) in [5.74, 6) is 1.60. The lowest BCUT2D eigenvalue weighted by Gasteiger charge is -2.30. The molecule has 2 rings (SSSR count). The molecule has 2 aliphatic rings. The molecule has 1 unspecified atom stereocenters. The Morgan fingerprint density at radius 1 is 1.16 bits per heavy atom. The predicted molar refractivity (Wildman–Crippen MR) is 106 cm³/mol. The summed E-state index contributed by atoms with van der Waals surface area (Å²) in [6, 6.07) is 0. The minimum Gasteiger partial charge on any atom is -0.382 e. The number of rotatable bonds is 10. The molecule has 5 nitrogen and oxygen atoms in total. The summed E-state index contributed by atoms with van der Waals surface area (Å²) in [7, 11) is 1.88. The normalized spacial score (nSPS) is 22.3. The number of hydrogen-bond acceptors (Lipinski definition) is 3. The van der Waals surface area contributed by atoms with Crippen molar-refractivity contribution in [3.63, 3.8) is 0 Å². The Kier molecular flexibility index (Phi) is 9.04. The van der Waals surface area contributed by atoms with Gasteiger partial charge in [0.15, 0.2) is 5.96 Å². The highest BCUT2D eigenvalue weighted by atomic mass is 16.5. The van der Waals surface area contributed by atoms with Crippen LogP contribution in [0.25, 0.3) is 0 Å². The van der Waals surface area contributed by atoms with Crippen molar-refractivity contribution in [2.45, 2.75) is 58.8 Å². The highest BCUT2D eigenvalue weighted by Crippen LogP contribution is 2.40. The van der Waals surface area contributed by atoms with Crippen molar-refractivity contribution in [1.29, 1.82) is 0 Å². The molecule has 0 amide bonds. The molecule has 2 N–H and O–H groups in total. The Morgan fingerprint density at radius 3 is 2.52 bits per heavy atom. The first-order valence-electron chi connectivity index (χ1n) is 10.4. The fourth-order valence-electron chi connectivity index (χ4n) is 4.31. The largest absolute Gasteiger partial charge is 0.382 e. The molecule has 0 aromatic heterocycles. The molecule has 1 atom stereocenters. The second kappa shape index (κ2) is 11.0. The van der Waals surface area contributed by atoms with Crippen molar-refractivity contribution in [2.24, 2.45) is 16.3 Å². The van der Waals surface area contributed by atoms with Gasteiger partial charge in [-0.05, 0) is 63.5 Å². The van der Waals surface area contributed by atoms with Crippen molar-refractivity contribution < 1.29 is 4.74 Å². The van der Waals surface area contributed by atoms with E-state index in [9.17, 15) is 0 Å². The van der Waals surface area contributed by atoms with E-state index >= 15 is 0 Å². The summed E-state index contributed by atoms with van der Waals surface area (Å²) in [6.07, 6.45) is 9.24. The van der Waals surface area contributed by atoms with E-state index in [1.807, 2.05) is 7.05 Å². The Morgan fingerprint density at radius 2 is 1.88 bits per heavy atom. The number of nitrogens with one attached hydrogen (secondary N) is 2. The van der Waals surface area contributed by atoms with E-state index in [4.69, 9.17) is 4.74 Å². The van der Waals surface area contributed by atoms with E-state index in [1.165, 1.54) is 58.2 Å². The number of aliphatic imine (C=N–C) groups is 1. The summed E-state index contributed by atoms with van der Waals surface area (Å²) in [4.78, 5) is 7.02. The quantitative estimate of drug-likeness (QED) is 0.361. The molecule has 146 valence electrons. The van der Waals surface area contributed by atoms with Gasteiger partial charge in [0.25, 0.3) is 0 Å². The lowest BCUT2D eigenvalue weighted by molar-refractivity contribution is 0.105. The summed E-state index contributed by atoms with van der Waals surface area (Å²) < 4.78 is 5.62. The zero-order valence-electron chi connectivity index (χ0n) is 16.8. The van der Waals surface area contributed by atoms with Crippen LogP contribution in [0.4, 0.5) is 0 Å². The van der Waals surface area contributed by atoms with Crippen molar-refractivity contribution >= 4 is 5.96 Å². The van der Waals surface area contributed by atoms with Gasteiger partial charge in [0.05, 0.1) is 0 Å². The van der Waals surface area contributed by atoms with Crippen molar-refractivity contribution in [1.82, 2.24) is 15.5 Å². The minimum absolute atomic E-state index is 0.397. The van der Waals surface area contributed by atoms with Crippen LogP contribution in [0.2, 0.25) is 0 Å². The van der Waals surface area contributed by atoms with Crippen LogP contribution < -0.4 is 10.6 Å². The average molecular weight is 353 g/mol. The number of likely N-dealkylation sites (tertiary alicyclic amines) is 1. The molecule has 5 heteroatoms. The molecule has 0 spiro atoms. The number of ether oxygens (including phenoxy) is 1. The first-order chi connectivity index (χ1) is 12.2. The minimum atomic E-state index is 0.397. The third-order valence-corrected chi connectivity index (χ3v) is 5.89. The van der Waals surface area contributed by atoms with Crippen molar-refractivity contribution in [3.8, 4) is 0 Å². The molecule has 1 saturated heterocycles. The molecular formula is C20H40N4O. The third kappa shape index (κ3) is 7.14. The standard InChI is InChI=1S/C20H40N4O/c1-4-25-14-11-20(9-5-6-10-20)17-23-19(21-3)22-15-18(2)16-24-12-7-8-13-24/h18H,4-17H2,1-3H3,(H2,21,22,23). The average Bonchev–Trinajstić information content (AvgIpc) is 3.28. The van der Waals surface area contributed by atoms with Crippen molar-refractivity contribution in [3.05, 3.63) is 0 Å². The zero-order valence-corrected chi connectivity index (χ0v) is 16.8. The molecule has 1 heterocycles. The van der Waals surface area contributed by atoms with E-state index in [0.29, 0.717) is 11.3 Å². The maximum atomic E-state index is 5.62. The zero-order chi connectivity index (χ0) is 18.0. The van der Waals surface area contributed by atoms with Crippen molar-refractivity contribution in [2.75, 3.05) is 53.0 Å². The van der Waals surface area contributed by atoms with Crippen LogP contribution in [-0.2, 0) is 4.74 Å². The predicted octanol–water partition coefficient (Wildman–Crippen LogP) is 2.87. The van der Waals surface area contributed by atoms with Gasteiger partial charge >= 0.3 is 0 Å². The van der Waals surface area contributed by atoms with Gasteiger partial charge < -0.3 is 20.3 Å². The van der Waals surface area contributed by atoms with Gasteiger partial charge in [-0.3, -0.25) is 4.99 Å².